The molecule has 0 saturated heterocycles. The first-order chi connectivity index (χ1) is 11.3. The van der Waals surface area contributed by atoms with Gasteiger partial charge in [0, 0.05) is 6.54 Å². The monoisotopic (exact) mass is 347 g/mol. The van der Waals surface area contributed by atoms with Crippen molar-refractivity contribution >= 4 is 14.0 Å². The van der Waals surface area contributed by atoms with Crippen LogP contribution in [0.2, 0.25) is 19.6 Å². The van der Waals surface area contributed by atoms with E-state index in [1.165, 1.54) is 0 Å². The molecule has 5 nitrogen and oxygen atoms in total. The smallest absolute Gasteiger partial charge is 0.342 e. The van der Waals surface area contributed by atoms with Crippen molar-refractivity contribution in [3.63, 3.8) is 0 Å². The van der Waals surface area contributed by atoms with Crippen LogP contribution in [-0.2, 0) is 11.3 Å². The van der Waals surface area contributed by atoms with Gasteiger partial charge in [0.05, 0.1) is 13.2 Å². The van der Waals surface area contributed by atoms with E-state index >= 15 is 0 Å². The summed E-state index contributed by atoms with van der Waals surface area (Å²) in [7, 11) is 0.617. The van der Waals surface area contributed by atoms with Crippen LogP contribution >= 0.6 is 0 Å². The standard InChI is InChI=1S/C18H25NO4Si/c1-6-21-18(20)16-14(8-9-15-17(16)23-13-22-15)12-19(2)10-7-11-24(3,4)5/h8-9H,6,10,12-13H2,1-5H3. The average Bonchev–Trinajstić information content (AvgIpc) is 2.94. The van der Waals surface area contributed by atoms with E-state index in [0.717, 1.165) is 5.56 Å². The molecular formula is C18H25NO4Si. The molecule has 0 bridgehead atoms. The fraction of sp³-hybridized carbons (Fsp3) is 0.500. The number of carbonyl (C=O) groups is 1. The number of fused-ring (bicyclic) bond motifs is 1. The van der Waals surface area contributed by atoms with Crippen LogP contribution in [0.25, 0.3) is 0 Å². The van der Waals surface area contributed by atoms with Crippen molar-refractivity contribution in [2.24, 2.45) is 0 Å². The maximum Gasteiger partial charge on any atom is 0.342 e. The van der Waals surface area contributed by atoms with E-state index < -0.39 is 8.07 Å². The molecule has 0 N–H and O–H groups in total. The second-order valence-corrected chi connectivity index (χ2v) is 11.5. The fourth-order valence-electron chi connectivity index (χ4n) is 2.36. The van der Waals surface area contributed by atoms with Crippen LogP contribution in [0.1, 0.15) is 22.8 Å². The molecule has 0 spiro atoms. The zero-order chi connectivity index (χ0) is 17.7. The van der Waals surface area contributed by atoms with Gasteiger partial charge in [0.25, 0.3) is 0 Å². The van der Waals surface area contributed by atoms with Crippen LogP contribution < -0.4 is 9.47 Å². The lowest BCUT2D eigenvalue weighted by molar-refractivity contribution is 0.0519. The number of ether oxygens (including phenoxy) is 3. The topological polar surface area (TPSA) is 48.0 Å². The summed E-state index contributed by atoms with van der Waals surface area (Å²) >= 11 is 0. The first-order valence-electron chi connectivity index (χ1n) is 8.09. The Bertz CT molecular complexity index is 670. The van der Waals surface area contributed by atoms with Gasteiger partial charge in [-0.3, -0.25) is 4.90 Å². The molecule has 0 saturated carbocycles. The minimum atomic E-state index is -1.37. The number of hydrogen-bond acceptors (Lipinski definition) is 5. The van der Waals surface area contributed by atoms with Gasteiger partial charge in [0.1, 0.15) is 13.6 Å². The fourth-order valence-corrected chi connectivity index (χ4v) is 2.97. The van der Waals surface area contributed by atoms with Crippen molar-refractivity contribution in [1.29, 1.82) is 0 Å². The summed E-state index contributed by atoms with van der Waals surface area (Å²) in [6.45, 7) is 10.1. The number of esters is 1. The van der Waals surface area contributed by atoms with Crippen molar-refractivity contribution in [3.8, 4) is 23.0 Å². The third-order valence-electron chi connectivity index (χ3n) is 3.36. The molecule has 0 amide bonds. The van der Waals surface area contributed by atoms with Gasteiger partial charge >= 0.3 is 5.97 Å². The predicted molar refractivity (Wildman–Crippen MR) is 96.0 cm³/mol. The molecule has 6 heteroatoms. The largest absolute Gasteiger partial charge is 0.462 e. The van der Waals surface area contributed by atoms with Crippen molar-refractivity contribution in [2.75, 3.05) is 27.0 Å². The molecule has 1 heterocycles. The number of hydrogen-bond donors (Lipinski definition) is 0. The predicted octanol–water partition coefficient (Wildman–Crippen LogP) is 2.90. The number of carbonyl (C=O) groups excluding carboxylic acids is 1. The van der Waals surface area contributed by atoms with Crippen LogP contribution in [0.5, 0.6) is 11.5 Å². The average molecular weight is 347 g/mol. The minimum absolute atomic E-state index is 0.128. The van der Waals surface area contributed by atoms with Crippen molar-refractivity contribution in [2.45, 2.75) is 33.1 Å². The quantitative estimate of drug-likeness (QED) is 0.466. The summed E-state index contributed by atoms with van der Waals surface area (Å²) in [5, 5.41) is 0. The van der Waals surface area contributed by atoms with Gasteiger partial charge in [0.2, 0.25) is 6.79 Å². The van der Waals surface area contributed by atoms with Gasteiger partial charge in [-0.1, -0.05) is 31.6 Å². The molecule has 0 aromatic heterocycles. The molecule has 1 aromatic rings. The number of benzene rings is 1. The normalized spacial score (nSPS) is 12.8. The second kappa shape index (κ2) is 7.73. The minimum Gasteiger partial charge on any atom is -0.462 e. The molecule has 0 unspecified atom stereocenters. The Kier molecular flexibility index (Phi) is 5.92. The van der Waals surface area contributed by atoms with Crippen LogP contribution in [0.4, 0.5) is 0 Å². The van der Waals surface area contributed by atoms with Gasteiger partial charge in [-0.2, -0.15) is 0 Å². The Labute approximate surface area is 144 Å². The first-order valence-corrected chi connectivity index (χ1v) is 11.6. The lowest BCUT2D eigenvalue weighted by Gasteiger charge is -2.17. The van der Waals surface area contributed by atoms with Crippen molar-refractivity contribution in [3.05, 3.63) is 23.3 Å². The highest BCUT2D eigenvalue weighted by Crippen LogP contribution is 2.38. The number of nitrogens with zero attached hydrogens (tertiary/aromatic N) is 1. The van der Waals surface area contributed by atoms with Crippen LogP contribution in [0.3, 0.4) is 0 Å². The highest BCUT2D eigenvalue weighted by molar-refractivity contribution is 6.83. The third-order valence-corrected chi connectivity index (χ3v) is 4.28. The highest BCUT2D eigenvalue weighted by Gasteiger charge is 2.26. The van der Waals surface area contributed by atoms with Crippen molar-refractivity contribution < 1.29 is 19.0 Å². The van der Waals surface area contributed by atoms with Crippen LogP contribution in [0.15, 0.2) is 12.1 Å². The molecular weight excluding hydrogens is 322 g/mol. The van der Waals surface area contributed by atoms with Crippen LogP contribution in [0, 0.1) is 11.5 Å². The summed E-state index contributed by atoms with van der Waals surface area (Å²) in [5.41, 5.74) is 4.66. The van der Waals surface area contributed by atoms with E-state index in [4.69, 9.17) is 14.2 Å². The van der Waals surface area contributed by atoms with E-state index in [2.05, 4.69) is 36.0 Å². The summed E-state index contributed by atoms with van der Waals surface area (Å²) < 4.78 is 16.0. The van der Waals surface area contributed by atoms with E-state index in [9.17, 15) is 4.79 Å². The molecule has 1 aliphatic heterocycles. The Morgan fingerprint density at radius 2 is 2.08 bits per heavy atom. The zero-order valence-corrected chi connectivity index (χ0v) is 16.1. The SMILES string of the molecule is CCOC(=O)c1c(CN(C)CC#C[Si](C)(C)C)ccc2c1OCO2. The third kappa shape index (κ3) is 4.76. The summed E-state index contributed by atoms with van der Waals surface area (Å²) in [4.78, 5) is 14.4. The van der Waals surface area contributed by atoms with Gasteiger partial charge in [-0.15, -0.1) is 5.54 Å². The molecule has 0 atom stereocenters. The Morgan fingerprint density at radius 3 is 2.75 bits per heavy atom. The lowest BCUT2D eigenvalue weighted by atomic mass is 10.0. The van der Waals surface area contributed by atoms with E-state index in [-0.39, 0.29) is 12.8 Å². The Balaban J connectivity index is 2.20. The summed E-state index contributed by atoms with van der Waals surface area (Å²) in [6, 6.07) is 3.73. The Hall–Kier alpha value is -1.97. The second-order valence-electron chi connectivity index (χ2n) is 6.78. The molecule has 130 valence electrons. The maximum absolute atomic E-state index is 12.4. The molecule has 0 aliphatic carbocycles. The summed E-state index contributed by atoms with van der Waals surface area (Å²) in [5.74, 6) is 3.92. The summed E-state index contributed by atoms with van der Waals surface area (Å²) in [6.07, 6.45) is 0. The first kappa shape index (κ1) is 18.4. The van der Waals surface area contributed by atoms with E-state index in [1.807, 2.05) is 19.2 Å². The molecule has 24 heavy (non-hydrogen) atoms. The molecule has 2 rings (SSSR count). The van der Waals surface area contributed by atoms with Gasteiger partial charge in [-0.05, 0) is 25.6 Å². The number of rotatable bonds is 5. The lowest BCUT2D eigenvalue weighted by Crippen LogP contribution is -2.22. The molecule has 0 radical (unpaired) electrons. The molecule has 1 aromatic carbocycles. The zero-order valence-electron chi connectivity index (χ0n) is 15.1. The molecule has 0 fully saturated rings. The van der Waals surface area contributed by atoms with E-state index in [1.54, 1.807) is 6.92 Å². The van der Waals surface area contributed by atoms with Gasteiger partial charge in [-0.25, -0.2) is 4.79 Å². The maximum atomic E-state index is 12.4. The molecule has 1 aliphatic rings. The van der Waals surface area contributed by atoms with Gasteiger partial charge < -0.3 is 14.2 Å². The van der Waals surface area contributed by atoms with Gasteiger partial charge in [0.15, 0.2) is 11.5 Å². The van der Waals surface area contributed by atoms with Crippen LogP contribution in [-0.4, -0.2) is 45.9 Å². The van der Waals surface area contributed by atoms with E-state index in [0.29, 0.717) is 36.8 Å². The van der Waals surface area contributed by atoms with Crippen molar-refractivity contribution in [1.82, 2.24) is 4.90 Å². The highest BCUT2D eigenvalue weighted by atomic mass is 28.3. The Morgan fingerprint density at radius 1 is 1.33 bits per heavy atom.